The van der Waals surface area contributed by atoms with E-state index in [4.69, 9.17) is 5.11 Å². The van der Waals surface area contributed by atoms with E-state index in [9.17, 15) is 9.59 Å². The van der Waals surface area contributed by atoms with Crippen molar-refractivity contribution in [3.05, 3.63) is 53.9 Å². The van der Waals surface area contributed by atoms with Gasteiger partial charge in [-0.3, -0.25) is 14.6 Å². The van der Waals surface area contributed by atoms with E-state index in [1.54, 1.807) is 18.2 Å². The number of carboxylic acids is 1. The first-order valence-corrected chi connectivity index (χ1v) is 7.95. The lowest BCUT2D eigenvalue weighted by Crippen LogP contribution is -2.06. The zero-order valence-electron chi connectivity index (χ0n) is 12.9. The molecule has 1 aromatic carbocycles. The molecule has 2 aromatic rings. The number of benzene rings is 1. The molecule has 0 saturated heterocycles. The van der Waals surface area contributed by atoms with E-state index in [1.807, 2.05) is 18.3 Å². The molecule has 1 fully saturated rings. The van der Waals surface area contributed by atoms with Gasteiger partial charge in [-0.1, -0.05) is 31.0 Å². The quantitative estimate of drug-likeness (QED) is 0.668. The highest BCUT2D eigenvalue weighted by atomic mass is 16.4. The van der Waals surface area contributed by atoms with Crippen molar-refractivity contribution in [1.82, 2.24) is 4.98 Å². The Morgan fingerprint density at radius 2 is 1.83 bits per heavy atom. The molecule has 1 aromatic heterocycles. The molecule has 1 heterocycles. The van der Waals surface area contributed by atoms with Gasteiger partial charge in [0, 0.05) is 23.4 Å². The molecule has 1 saturated carbocycles. The second-order valence-electron chi connectivity index (χ2n) is 6.03. The van der Waals surface area contributed by atoms with Gasteiger partial charge in [-0.2, -0.15) is 0 Å². The number of Topliss-reactive ketones (excluding diaryl/α,β-unsaturated/α-hetero) is 1. The molecule has 3 rings (SSSR count). The van der Waals surface area contributed by atoms with Gasteiger partial charge in [0.25, 0.3) is 0 Å². The third-order valence-corrected chi connectivity index (χ3v) is 4.38. The van der Waals surface area contributed by atoms with Crippen LogP contribution in [0.3, 0.4) is 0 Å². The number of aliphatic carboxylic acids is 1. The lowest BCUT2D eigenvalue weighted by atomic mass is 9.97. The summed E-state index contributed by atoms with van der Waals surface area (Å²) in [5.74, 6) is -0.941. The third-order valence-electron chi connectivity index (χ3n) is 4.38. The van der Waals surface area contributed by atoms with Crippen LogP contribution in [-0.2, 0) is 4.79 Å². The van der Waals surface area contributed by atoms with Gasteiger partial charge in [0.15, 0.2) is 5.78 Å². The van der Waals surface area contributed by atoms with Crippen LogP contribution >= 0.6 is 0 Å². The van der Waals surface area contributed by atoms with Gasteiger partial charge >= 0.3 is 5.97 Å². The van der Waals surface area contributed by atoms with Crippen LogP contribution in [0.2, 0.25) is 0 Å². The Morgan fingerprint density at radius 1 is 1.09 bits per heavy atom. The van der Waals surface area contributed by atoms with Crippen LogP contribution in [0.15, 0.2) is 42.6 Å². The van der Waals surface area contributed by atoms with Crippen molar-refractivity contribution < 1.29 is 14.7 Å². The van der Waals surface area contributed by atoms with Crippen LogP contribution < -0.4 is 0 Å². The minimum Gasteiger partial charge on any atom is -0.481 e. The van der Waals surface area contributed by atoms with E-state index < -0.39 is 12.4 Å². The highest BCUT2D eigenvalue weighted by molar-refractivity contribution is 6.06. The zero-order chi connectivity index (χ0) is 16.2. The van der Waals surface area contributed by atoms with Gasteiger partial charge in [-0.15, -0.1) is 0 Å². The maximum absolute atomic E-state index is 11.9. The molecule has 0 spiro atoms. The molecule has 0 radical (unpaired) electrons. The summed E-state index contributed by atoms with van der Waals surface area (Å²) in [5.41, 5.74) is 3.49. The maximum Gasteiger partial charge on any atom is 0.311 e. The maximum atomic E-state index is 11.9. The molecule has 4 nitrogen and oxygen atoms in total. The van der Waals surface area contributed by atoms with Gasteiger partial charge in [-0.25, -0.2) is 0 Å². The SMILES string of the molecule is O=C(O)CC(=O)c1cccc(-c2ccnc(C3CCCC3)c2)c1. The number of hydrogen-bond donors (Lipinski definition) is 1. The highest BCUT2D eigenvalue weighted by Crippen LogP contribution is 2.34. The fourth-order valence-corrected chi connectivity index (χ4v) is 3.18. The second-order valence-corrected chi connectivity index (χ2v) is 6.03. The number of carboxylic acid groups (broad SMARTS) is 1. The number of carbonyl (C=O) groups is 2. The smallest absolute Gasteiger partial charge is 0.311 e. The van der Waals surface area contributed by atoms with Gasteiger partial charge in [-0.05, 0) is 42.2 Å². The van der Waals surface area contributed by atoms with Crippen molar-refractivity contribution in [2.24, 2.45) is 0 Å². The second kappa shape index (κ2) is 6.73. The highest BCUT2D eigenvalue weighted by Gasteiger charge is 2.18. The monoisotopic (exact) mass is 309 g/mol. The molecule has 1 N–H and O–H groups in total. The summed E-state index contributed by atoms with van der Waals surface area (Å²) in [6.45, 7) is 0. The minimum atomic E-state index is -1.10. The Balaban J connectivity index is 1.88. The van der Waals surface area contributed by atoms with Crippen LogP contribution in [0.1, 0.15) is 54.1 Å². The van der Waals surface area contributed by atoms with Crippen molar-refractivity contribution in [1.29, 1.82) is 0 Å². The van der Waals surface area contributed by atoms with E-state index in [1.165, 1.54) is 25.7 Å². The molecule has 1 aliphatic carbocycles. The van der Waals surface area contributed by atoms with Crippen molar-refractivity contribution in [3.63, 3.8) is 0 Å². The van der Waals surface area contributed by atoms with Crippen LogP contribution in [0.5, 0.6) is 0 Å². The number of pyridine rings is 1. The molecule has 0 atom stereocenters. The summed E-state index contributed by atoms with van der Waals surface area (Å²) in [5, 5.41) is 8.76. The van der Waals surface area contributed by atoms with E-state index >= 15 is 0 Å². The zero-order valence-corrected chi connectivity index (χ0v) is 12.9. The van der Waals surface area contributed by atoms with Crippen molar-refractivity contribution in [3.8, 4) is 11.1 Å². The average molecular weight is 309 g/mol. The molecule has 23 heavy (non-hydrogen) atoms. The Labute approximate surface area is 135 Å². The normalized spacial score (nSPS) is 14.8. The molecular weight excluding hydrogens is 290 g/mol. The Hall–Kier alpha value is -2.49. The van der Waals surface area contributed by atoms with Crippen molar-refractivity contribution >= 4 is 11.8 Å². The Morgan fingerprint density at radius 3 is 2.57 bits per heavy atom. The lowest BCUT2D eigenvalue weighted by Gasteiger charge is -2.11. The van der Waals surface area contributed by atoms with Gasteiger partial charge in [0.2, 0.25) is 0 Å². The predicted octanol–water partition coefficient (Wildman–Crippen LogP) is 4.06. The van der Waals surface area contributed by atoms with Crippen LogP contribution in [0.25, 0.3) is 11.1 Å². The fraction of sp³-hybridized carbons (Fsp3) is 0.316. The van der Waals surface area contributed by atoms with Gasteiger partial charge in [0.05, 0.1) is 0 Å². The summed E-state index contributed by atoms with van der Waals surface area (Å²) in [4.78, 5) is 27.1. The largest absolute Gasteiger partial charge is 0.481 e. The number of hydrogen-bond acceptors (Lipinski definition) is 3. The fourth-order valence-electron chi connectivity index (χ4n) is 3.18. The van der Waals surface area contributed by atoms with Crippen LogP contribution in [-0.4, -0.2) is 21.8 Å². The third kappa shape index (κ3) is 3.65. The number of nitrogens with zero attached hydrogens (tertiary/aromatic N) is 1. The topological polar surface area (TPSA) is 67.3 Å². The number of ketones is 1. The number of carbonyl (C=O) groups excluding carboxylic acids is 1. The van der Waals surface area contributed by atoms with Gasteiger partial charge < -0.3 is 5.11 Å². The van der Waals surface area contributed by atoms with Crippen molar-refractivity contribution in [2.75, 3.05) is 0 Å². The predicted molar refractivity (Wildman–Crippen MR) is 87.5 cm³/mol. The molecule has 1 aliphatic rings. The number of aromatic nitrogens is 1. The summed E-state index contributed by atoms with van der Waals surface area (Å²) in [6.07, 6.45) is 6.23. The minimum absolute atomic E-state index is 0.371. The van der Waals surface area contributed by atoms with E-state index in [0.29, 0.717) is 11.5 Å². The first-order valence-electron chi connectivity index (χ1n) is 7.95. The van der Waals surface area contributed by atoms with E-state index in [-0.39, 0.29) is 5.78 Å². The molecule has 0 amide bonds. The first-order chi connectivity index (χ1) is 11.1. The number of rotatable bonds is 5. The molecular formula is C19H19NO3. The molecule has 0 aliphatic heterocycles. The summed E-state index contributed by atoms with van der Waals surface area (Å²) in [7, 11) is 0. The van der Waals surface area contributed by atoms with E-state index in [2.05, 4.69) is 11.1 Å². The Kier molecular flexibility index (Phi) is 4.51. The molecule has 0 unspecified atom stereocenters. The summed E-state index contributed by atoms with van der Waals surface area (Å²) >= 11 is 0. The lowest BCUT2D eigenvalue weighted by molar-refractivity contribution is -0.135. The average Bonchev–Trinajstić information content (AvgIpc) is 3.09. The molecule has 0 bridgehead atoms. The van der Waals surface area contributed by atoms with Crippen molar-refractivity contribution in [2.45, 2.75) is 38.0 Å². The van der Waals surface area contributed by atoms with Crippen LogP contribution in [0, 0.1) is 0 Å². The standard InChI is InChI=1S/C19H19NO3/c21-18(12-19(22)23)16-7-3-6-14(10-16)15-8-9-20-17(11-15)13-4-1-2-5-13/h3,6-11,13H,1-2,4-5,12H2,(H,22,23). The van der Waals surface area contributed by atoms with E-state index in [0.717, 1.165) is 16.8 Å². The molecule has 4 heteroatoms. The van der Waals surface area contributed by atoms with Crippen LogP contribution in [0.4, 0.5) is 0 Å². The summed E-state index contributed by atoms with van der Waals surface area (Å²) in [6, 6.07) is 11.2. The Bertz CT molecular complexity index is 733. The summed E-state index contributed by atoms with van der Waals surface area (Å²) < 4.78 is 0. The molecule has 118 valence electrons. The first kappa shape index (κ1) is 15.4. The van der Waals surface area contributed by atoms with Gasteiger partial charge in [0.1, 0.15) is 6.42 Å².